The molecule has 1 aliphatic heterocycles. The molecule has 0 unspecified atom stereocenters. The van der Waals surface area contributed by atoms with Crippen molar-refractivity contribution in [2.45, 2.75) is 125 Å². The van der Waals surface area contributed by atoms with Crippen LogP contribution in [0.5, 0.6) is 0 Å². The fourth-order valence-electron chi connectivity index (χ4n) is 12.8. The number of nitrogens with zero attached hydrogens (tertiary/aromatic N) is 4. The predicted molar refractivity (Wildman–Crippen MR) is 203 cm³/mol. The first-order valence-electron chi connectivity index (χ1n) is 20.1. The Morgan fingerprint density at radius 1 is 1.08 bits per heavy atom. The molecule has 286 valence electrons. The van der Waals surface area contributed by atoms with Crippen molar-refractivity contribution in [3.63, 3.8) is 0 Å². The number of aromatic nitrogens is 4. The molecule has 9 nitrogen and oxygen atoms in total. The summed E-state index contributed by atoms with van der Waals surface area (Å²) in [5, 5.41) is 16.1. The normalized spacial score (nSPS) is 41.7. The van der Waals surface area contributed by atoms with Crippen LogP contribution in [0.4, 0.5) is 0 Å². The van der Waals surface area contributed by atoms with Crippen LogP contribution >= 0.6 is 0 Å². The van der Waals surface area contributed by atoms with Gasteiger partial charge in [-0.1, -0.05) is 74.0 Å². The molecule has 0 radical (unpaired) electrons. The molecule has 4 fully saturated rings. The lowest BCUT2D eigenvalue weighted by Crippen LogP contribution is -2.69. The smallest absolute Gasteiger partial charge is 0.307 e. The molecule has 7 rings (SSSR count). The molecule has 4 aliphatic carbocycles. The maximum atomic E-state index is 13.6. The molecule has 12 atom stereocenters. The Morgan fingerprint density at radius 2 is 1.79 bits per heavy atom. The van der Waals surface area contributed by atoms with Crippen molar-refractivity contribution in [1.82, 2.24) is 19.7 Å². The van der Waals surface area contributed by atoms with Crippen LogP contribution in [-0.4, -0.2) is 62.3 Å². The second-order valence-corrected chi connectivity index (χ2v) is 19.8. The fourth-order valence-corrected chi connectivity index (χ4v) is 12.8. The number of ether oxygens (including phenoxy) is 2. The van der Waals surface area contributed by atoms with Crippen LogP contribution in [0.1, 0.15) is 114 Å². The van der Waals surface area contributed by atoms with Gasteiger partial charge < -0.3 is 20.3 Å². The summed E-state index contributed by atoms with van der Waals surface area (Å²) < 4.78 is 16.1. The van der Waals surface area contributed by atoms with Crippen molar-refractivity contribution in [1.29, 1.82) is 0 Å². The monoisotopic (exact) mass is 716 g/mol. The first-order valence-corrected chi connectivity index (χ1v) is 20.1. The van der Waals surface area contributed by atoms with Crippen molar-refractivity contribution >= 4 is 5.97 Å². The van der Waals surface area contributed by atoms with E-state index in [4.69, 9.17) is 25.3 Å². The van der Waals surface area contributed by atoms with E-state index in [1.165, 1.54) is 5.57 Å². The average molecular weight is 716 g/mol. The average Bonchev–Trinajstić information content (AvgIpc) is 3.58. The summed E-state index contributed by atoms with van der Waals surface area (Å²) in [6.45, 7) is 24.4. The van der Waals surface area contributed by atoms with E-state index in [9.17, 15) is 9.90 Å². The van der Waals surface area contributed by atoms with E-state index in [0.717, 1.165) is 49.9 Å². The number of nitrogens with two attached hydrogens (primary N) is 1. The number of carboxylic acid groups (broad SMARTS) is 1. The van der Waals surface area contributed by atoms with E-state index in [-0.39, 0.29) is 51.1 Å². The second-order valence-electron chi connectivity index (χ2n) is 19.8. The zero-order valence-electron chi connectivity index (χ0n) is 33.5. The lowest BCUT2D eigenvalue weighted by atomic mass is 9.34. The van der Waals surface area contributed by atoms with Gasteiger partial charge >= 0.3 is 5.97 Å². The Kier molecular flexibility index (Phi) is 9.22. The Labute approximate surface area is 311 Å². The van der Waals surface area contributed by atoms with E-state index >= 15 is 0 Å². The number of hydrogen-bond acceptors (Lipinski definition) is 7. The molecule has 0 aromatic carbocycles. The van der Waals surface area contributed by atoms with Gasteiger partial charge in [-0.3, -0.25) is 9.78 Å². The minimum Gasteiger partial charge on any atom is -0.481 e. The van der Waals surface area contributed by atoms with Gasteiger partial charge in [0, 0.05) is 34.3 Å². The van der Waals surface area contributed by atoms with Gasteiger partial charge in [0.1, 0.15) is 6.33 Å². The number of aliphatic carboxylic acids is 1. The fraction of sp³-hybridized carbons (Fsp3) is 0.767. The topological polar surface area (TPSA) is 125 Å². The van der Waals surface area contributed by atoms with E-state index in [0.29, 0.717) is 37.6 Å². The maximum Gasteiger partial charge on any atom is 0.307 e. The number of allylic oxidation sites excluding steroid dienone is 1. The molecule has 5 aliphatic rings. The summed E-state index contributed by atoms with van der Waals surface area (Å²) in [7, 11) is 0. The SMILES string of the molecule is CC(C)[C@@H](C)[C@@]1(C)CC[C@]2(C)[C@H]3CC[C@@H]4[C@@]5(COC[C@]4(C)[C@@H](OC[C@](C)(N)C(C)C)[C@H](n4ncnc4-c4ccncc4)C5)C3=CC[C@@]2(C)[C@@H]1C(=O)O. The quantitative estimate of drug-likeness (QED) is 0.249. The highest BCUT2D eigenvalue weighted by atomic mass is 16.5. The third-order valence-corrected chi connectivity index (χ3v) is 16.8. The number of carboxylic acids is 1. The van der Waals surface area contributed by atoms with Gasteiger partial charge in [-0.05, 0) is 103 Å². The molecule has 2 aromatic rings. The second kappa shape index (κ2) is 12.7. The van der Waals surface area contributed by atoms with Crippen molar-refractivity contribution in [2.75, 3.05) is 19.8 Å². The summed E-state index contributed by atoms with van der Waals surface area (Å²) in [4.78, 5) is 22.6. The predicted octanol–water partition coefficient (Wildman–Crippen LogP) is 8.23. The zero-order valence-corrected chi connectivity index (χ0v) is 33.5. The van der Waals surface area contributed by atoms with Crippen LogP contribution in [-0.2, 0) is 14.3 Å². The largest absolute Gasteiger partial charge is 0.481 e. The number of pyridine rings is 1. The first-order chi connectivity index (χ1) is 24.4. The van der Waals surface area contributed by atoms with Crippen molar-refractivity contribution in [3.8, 4) is 11.4 Å². The number of rotatable bonds is 9. The number of fused-ring (bicyclic) bond motifs is 3. The van der Waals surface area contributed by atoms with Gasteiger partial charge in [-0.2, -0.15) is 5.10 Å². The molecular weight excluding hydrogens is 651 g/mol. The van der Waals surface area contributed by atoms with Gasteiger partial charge in [-0.15, -0.1) is 0 Å². The number of hydrogen-bond donors (Lipinski definition) is 2. The van der Waals surface area contributed by atoms with E-state index in [1.807, 2.05) is 24.5 Å². The summed E-state index contributed by atoms with van der Waals surface area (Å²) in [5.74, 6) is 1.39. The molecule has 3 N–H and O–H groups in total. The standard InChI is InChI=1S/C43H65N5O4/c1-26(2)28(5)38(6)17-18-40(8)30-11-12-33-39(7)22-51-24-43(33,31(30)13-16-41(40,9)34(38)37(49)50)21-32(35(39)52-23-42(10,44)27(3)4)48-36(46-25-47-48)29-14-19-45-20-15-29/h13-15,19-20,25-28,30,32-35H,11-12,16-18,21-24,44H2,1-10H3,(H,49,50)/t28-,30+,32-,33+,34-,35+,38-,39+,40-,41+,42+,43+/m1/s1. The lowest BCUT2D eigenvalue weighted by Gasteiger charge is -2.71. The molecular formula is C43H65N5O4. The Balaban J connectivity index is 1.35. The van der Waals surface area contributed by atoms with Crippen LogP contribution in [0.3, 0.4) is 0 Å². The van der Waals surface area contributed by atoms with E-state index < -0.39 is 17.4 Å². The van der Waals surface area contributed by atoms with Gasteiger partial charge in [0.15, 0.2) is 5.82 Å². The van der Waals surface area contributed by atoms with Gasteiger partial charge in [0.2, 0.25) is 0 Å². The van der Waals surface area contributed by atoms with Gasteiger partial charge in [0.25, 0.3) is 0 Å². The molecule has 0 amide bonds. The highest BCUT2D eigenvalue weighted by Gasteiger charge is 2.72. The van der Waals surface area contributed by atoms with E-state index in [1.54, 1.807) is 6.33 Å². The van der Waals surface area contributed by atoms with Crippen LogP contribution < -0.4 is 5.73 Å². The maximum absolute atomic E-state index is 13.6. The Morgan fingerprint density at radius 3 is 2.44 bits per heavy atom. The highest BCUT2D eigenvalue weighted by Crippen LogP contribution is 2.75. The molecule has 1 saturated heterocycles. The third kappa shape index (κ3) is 5.25. The summed E-state index contributed by atoms with van der Waals surface area (Å²) in [5.41, 5.74) is 7.56. The number of carbonyl (C=O) groups is 1. The Hall–Kier alpha value is -2.62. The molecule has 9 heteroatoms. The molecule has 2 bridgehead atoms. The molecule has 3 saturated carbocycles. The van der Waals surface area contributed by atoms with Crippen molar-refractivity contribution < 1.29 is 19.4 Å². The van der Waals surface area contributed by atoms with Gasteiger partial charge in [0.05, 0.1) is 37.9 Å². The molecule has 52 heavy (non-hydrogen) atoms. The van der Waals surface area contributed by atoms with Crippen LogP contribution in [0.25, 0.3) is 11.4 Å². The summed E-state index contributed by atoms with van der Waals surface area (Å²) in [6, 6.07) is 3.90. The minimum absolute atomic E-state index is 0.104. The van der Waals surface area contributed by atoms with Crippen LogP contribution in [0, 0.1) is 62.6 Å². The molecule has 2 aromatic heterocycles. The minimum atomic E-state index is -0.624. The zero-order chi connectivity index (χ0) is 37.6. The first kappa shape index (κ1) is 37.7. The Bertz CT molecular complexity index is 1690. The molecule has 3 heterocycles. The van der Waals surface area contributed by atoms with Crippen molar-refractivity contribution in [3.05, 3.63) is 42.5 Å². The van der Waals surface area contributed by atoms with Gasteiger partial charge in [-0.25, -0.2) is 9.67 Å². The lowest BCUT2D eigenvalue weighted by molar-refractivity contribution is -0.252. The highest BCUT2D eigenvalue weighted by molar-refractivity contribution is 5.73. The summed E-state index contributed by atoms with van der Waals surface area (Å²) >= 11 is 0. The molecule has 0 spiro atoms. The van der Waals surface area contributed by atoms with Crippen LogP contribution in [0.2, 0.25) is 0 Å². The van der Waals surface area contributed by atoms with E-state index in [2.05, 4.69) is 85.0 Å². The third-order valence-electron chi connectivity index (χ3n) is 16.8. The summed E-state index contributed by atoms with van der Waals surface area (Å²) in [6.07, 6.45) is 13.3. The van der Waals surface area contributed by atoms with Crippen molar-refractivity contribution in [2.24, 2.45) is 68.3 Å². The van der Waals surface area contributed by atoms with Crippen LogP contribution in [0.15, 0.2) is 42.5 Å².